The lowest BCUT2D eigenvalue weighted by Crippen LogP contribution is -2.44. The molecule has 1 aromatic heterocycles. The van der Waals surface area contributed by atoms with E-state index in [9.17, 15) is 14.4 Å². The predicted octanol–water partition coefficient (Wildman–Crippen LogP) is 1.80. The fourth-order valence-electron chi connectivity index (χ4n) is 1.98. The Labute approximate surface area is 129 Å². The number of benzene rings is 1. The van der Waals surface area contributed by atoms with Crippen LogP contribution in [0.25, 0.3) is 11.3 Å². The molecular formula is C14H10ClN3O4. The second-order valence-electron chi connectivity index (χ2n) is 4.52. The number of hydrazine groups is 1. The van der Waals surface area contributed by atoms with Gasteiger partial charge in [0.1, 0.15) is 12.3 Å². The first-order valence-electron chi connectivity index (χ1n) is 6.31. The molecule has 0 unspecified atom stereocenters. The van der Waals surface area contributed by atoms with Crippen LogP contribution in [0.2, 0.25) is 5.02 Å². The van der Waals surface area contributed by atoms with E-state index in [0.29, 0.717) is 16.3 Å². The van der Waals surface area contributed by atoms with Gasteiger partial charge in [-0.25, -0.2) is 9.80 Å². The Balaban J connectivity index is 1.76. The Morgan fingerprint density at radius 2 is 2.00 bits per heavy atom. The summed E-state index contributed by atoms with van der Waals surface area (Å²) in [7, 11) is 0. The summed E-state index contributed by atoms with van der Waals surface area (Å²) in [4.78, 5) is 34.4. The van der Waals surface area contributed by atoms with Crippen LogP contribution in [0.15, 0.2) is 40.8 Å². The third-order valence-corrected chi connectivity index (χ3v) is 3.33. The summed E-state index contributed by atoms with van der Waals surface area (Å²) in [6, 6.07) is 9.43. The Morgan fingerprint density at radius 3 is 2.68 bits per heavy atom. The van der Waals surface area contributed by atoms with E-state index >= 15 is 0 Å². The number of carbonyl (C=O) groups is 3. The Hall–Kier alpha value is -2.80. The maximum Gasteiger partial charge on any atom is 0.343 e. The van der Waals surface area contributed by atoms with Crippen molar-refractivity contribution < 1.29 is 18.8 Å². The molecule has 1 saturated heterocycles. The zero-order chi connectivity index (χ0) is 15.7. The van der Waals surface area contributed by atoms with E-state index in [0.717, 1.165) is 5.01 Å². The van der Waals surface area contributed by atoms with Crippen LogP contribution in [0.1, 0.15) is 10.6 Å². The van der Waals surface area contributed by atoms with Crippen molar-refractivity contribution in [2.24, 2.45) is 0 Å². The van der Waals surface area contributed by atoms with Crippen LogP contribution < -0.4 is 10.7 Å². The molecule has 1 aromatic carbocycles. The van der Waals surface area contributed by atoms with Gasteiger partial charge < -0.3 is 4.42 Å². The van der Waals surface area contributed by atoms with Crippen LogP contribution >= 0.6 is 11.6 Å². The van der Waals surface area contributed by atoms with Crippen LogP contribution in [-0.2, 0) is 4.79 Å². The molecule has 3 rings (SSSR count). The van der Waals surface area contributed by atoms with Crippen LogP contribution in [0.4, 0.5) is 4.79 Å². The van der Waals surface area contributed by atoms with E-state index in [1.807, 2.05) is 5.32 Å². The van der Waals surface area contributed by atoms with Crippen LogP contribution in [0, 0.1) is 0 Å². The molecule has 7 nitrogen and oxygen atoms in total. The molecule has 0 aliphatic carbocycles. The van der Waals surface area contributed by atoms with Gasteiger partial charge in [0.05, 0.1) is 5.02 Å². The third-order valence-electron chi connectivity index (χ3n) is 3.00. The smallest absolute Gasteiger partial charge is 0.343 e. The molecule has 1 aliphatic heterocycles. The normalized spacial score (nSPS) is 14.1. The summed E-state index contributed by atoms with van der Waals surface area (Å²) in [6.07, 6.45) is 0. The highest BCUT2D eigenvalue weighted by atomic mass is 35.5. The standard InChI is InChI=1S/C14H10ClN3O4/c15-9-4-2-1-3-8(9)10-5-6-11(22-10)13(20)17-18-7-12(19)16-14(18)21/h1-6H,7H2,(H,17,20)(H,16,19,21). The zero-order valence-corrected chi connectivity index (χ0v) is 11.9. The van der Waals surface area contributed by atoms with E-state index < -0.39 is 17.8 Å². The quantitative estimate of drug-likeness (QED) is 0.844. The van der Waals surface area contributed by atoms with Crippen molar-refractivity contribution in [1.82, 2.24) is 15.8 Å². The van der Waals surface area contributed by atoms with Gasteiger partial charge in [0, 0.05) is 5.56 Å². The summed E-state index contributed by atoms with van der Waals surface area (Å²) in [5.41, 5.74) is 2.94. The zero-order valence-electron chi connectivity index (χ0n) is 11.1. The summed E-state index contributed by atoms with van der Waals surface area (Å²) in [6.45, 7) is -0.233. The third kappa shape index (κ3) is 2.66. The number of carbonyl (C=O) groups excluding carboxylic acids is 3. The minimum absolute atomic E-state index is 0.00192. The summed E-state index contributed by atoms with van der Waals surface area (Å²) >= 11 is 6.06. The van der Waals surface area contributed by atoms with Crippen molar-refractivity contribution in [3.05, 3.63) is 47.2 Å². The summed E-state index contributed by atoms with van der Waals surface area (Å²) in [5.74, 6) is -0.690. The van der Waals surface area contributed by atoms with Crippen LogP contribution in [0.3, 0.4) is 0 Å². The number of imide groups is 1. The predicted molar refractivity (Wildman–Crippen MR) is 76.9 cm³/mol. The number of halogens is 1. The topological polar surface area (TPSA) is 91.7 Å². The van der Waals surface area contributed by atoms with Gasteiger partial charge in [-0.3, -0.25) is 20.3 Å². The molecule has 8 heteroatoms. The maximum absolute atomic E-state index is 12.0. The van der Waals surface area contributed by atoms with Crippen LogP contribution in [0.5, 0.6) is 0 Å². The van der Waals surface area contributed by atoms with Crippen molar-refractivity contribution >= 4 is 29.4 Å². The summed E-state index contributed by atoms with van der Waals surface area (Å²) < 4.78 is 5.44. The number of nitrogens with one attached hydrogen (secondary N) is 2. The number of amides is 4. The molecule has 1 fully saturated rings. The number of nitrogens with zero attached hydrogens (tertiary/aromatic N) is 1. The molecule has 0 spiro atoms. The first kappa shape index (κ1) is 14.2. The lowest BCUT2D eigenvalue weighted by Gasteiger charge is -2.12. The minimum atomic E-state index is -0.684. The van der Waals surface area contributed by atoms with Crippen molar-refractivity contribution in [1.29, 1.82) is 0 Å². The second-order valence-corrected chi connectivity index (χ2v) is 4.93. The lowest BCUT2D eigenvalue weighted by molar-refractivity contribution is -0.118. The Bertz CT molecular complexity index is 771. The van der Waals surface area contributed by atoms with E-state index in [1.165, 1.54) is 6.07 Å². The van der Waals surface area contributed by atoms with Gasteiger partial charge in [-0.15, -0.1) is 0 Å². The first-order chi connectivity index (χ1) is 10.5. The molecule has 1 aliphatic rings. The lowest BCUT2D eigenvalue weighted by atomic mass is 10.2. The van der Waals surface area contributed by atoms with Crippen molar-refractivity contribution in [2.45, 2.75) is 0 Å². The largest absolute Gasteiger partial charge is 0.451 e. The Morgan fingerprint density at radius 1 is 1.23 bits per heavy atom. The molecule has 0 atom stereocenters. The number of urea groups is 1. The number of hydrogen-bond donors (Lipinski definition) is 2. The highest BCUT2D eigenvalue weighted by Crippen LogP contribution is 2.28. The highest BCUT2D eigenvalue weighted by Gasteiger charge is 2.29. The monoisotopic (exact) mass is 319 g/mol. The van der Waals surface area contributed by atoms with Gasteiger partial charge in [-0.1, -0.05) is 23.7 Å². The molecular weight excluding hydrogens is 310 g/mol. The van der Waals surface area contributed by atoms with Gasteiger partial charge in [-0.05, 0) is 24.3 Å². The summed E-state index contributed by atoms with van der Waals surface area (Å²) in [5, 5.41) is 3.42. The van der Waals surface area contributed by atoms with Crippen molar-refractivity contribution in [3.8, 4) is 11.3 Å². The maximum atomic E-state index is 12.0. The number of rotatable bonds is 3. The molecule has 112 valence electrons. The number of hydrogen-bond acceptors (Lipinski definition) is 4. The minimum Gasteiger partial charge on any atom is -0.451 e. The van der Waals surface area contributed by atoms with Crippen molar-refractivity contribution in [3.63, 3.8) is 0 Å². The van der Waals surface area contributed by atoms with E-state index in [2.05, 4.69) is 5.43 Å². The van der Waals surface area contributed by atoms with Crippen LogP contribution in [-0.4, -0.2) is 29.4 Å². The first-order valence-corrected chi connectivity index (χ1v) is 6.69. The molecule has 2 heterocycles. The molecule has 0 bridgehead atoms. The molecule has 4 amide bonds. The molecule has 22 heavy (non-hydrogen) atoms. The fourth-order valence-corrected chi connectivity index (χ4v) is 2.20. The Kier molecular flexibility index (Phi) is 3.56. The average Bonchev–Trinajstić information content (AvgIpc) is 3.07. The molecule has 0 saturated carbocycles. The van der Waals surface area contributed by atoms with Gasteiger partial charge in [0.25, 0.3) is 0 Å². The fraction of sp³-hybridized carbons (Fsp3) is 0.0714. The molecule has 2 N–H and O–H groups in total. The average molecular weight is 320 g/mol. The second kappa shape index (κ2) is 5.53. The van der Waals surface area contributed by atoms with Crippen molar-refractivity contribution in [2.75, 3.05) is 6.54 Å². The van der Waals surface area contributed by atoms with Gasteiger partial charge in [0.2, 0.25) is 5.91 Å². The van der Waals surface area contributed by atoms with E-state index in [-0.39, 0.29) is 12.3 Å². The highest BCUT2D eigenvalue weighted by molar-refractivity contribution is 6.33. The SMILES string of the molecule is O=C1CN(NC(=O)c2ccc(-c3ccccc3Cl)o2)C(=O)N1. The van der Waals surface area contributed by atoms with E-state index in [4.69, 9.17) is 16.0 Å². The van der Waals surface area contributed by atoms with Gasteiger partial charge >= 0.3 is 11.9 Å². The van der Waals surface area contributed by atoms with Gasteiger partial charge in [-0.2, -0.15) is 0 Å². The van der Waals surface area contributed by atoms with E-state index in [1.54, 1.807) is 30.3 Å². The van der Waals surface area contributed by atoms with Gasteiger partial charge in [0.15, 0.2) is 5.76 Å². The molecule has 0 radical (unpaired) electrons. The number of furan rings is 1. The molecule has 2 aromatic rings.